The van der Waals surface area contributed by atoms with Gasteiger partial charge < -0.3 is 10.1 Å². The van der Waals surface area contributed by atoms with Crippen molar-refractivity contribution in [3.05, 3.63) is 30.0 Å². The van der Waals surface area contributed by atoms with Gasteiger partial charge in [0.2, 0.25) is 0 Å². The van der Waals surface area contributed by atoms with E-state index in [9.17, 15) is 4.79 Å². The zero-order valence-corrected chi connectivity index (χ0v) is 14.3. The maximum atomic E-state index is 11.7. The van der Waals surface area contributed by atoms with Crippen LogP contribution in [0.1, 0.15) is 38.2 Å². The molecule has 6 heteroatoms. The SMILES string of the molecule is CCCNC(=O)OCC1CCCCN1Cc1ccc2cn[nH]c2c1. The molecule has 0 aliphatic carbocycles. The number of fused-ring (bicyclic) bond motifs is 1. The highest BCUT2D eigenvalue weighted by atomic mass is 16.5. The highest BCUT2D eigenvalue weighted by molar-refractivity contribution is 5.78. The van der Waals surface area contributed by atoms with E-state index in [0.717, 1.165) is 36.8 Å². The van der Waals surface area contributed by atoms with Crippen LogP contribution < -0.4 is 5.32 Å². The summed E-state index contributed by atoms with van der Waals surface area (Å²) in [6.07, 6.45) is 5.92. The molecule has 1 unspecified atom stereocenters. The number of amides is 1. The summed E-state index contributed by atoms with van der Waals surface area (Å²) in [7, 11) is 0. The summed E-state index contributed by atoms with van der Waals surface area (Å²) in [5.41, 5.74) is 2.32. The molecule has 3 rings (SSSR count). The number of rotatable bonds is 6. The van der Waals surface area contributed by atoms with Gasteiger partial charge >= 0.3 is 6.09 Å². The Labute approximate surface area is 142 Å². The van der Waals surface area contributed by atoms with Crippen molar-refractivity contribution in [2.75, 3.05) is 19.7 Å². The first-order valence-electron chi connectivity index (χ1n) is 8.83. The molecule has 6 nitrogen and oxygen atoms in total. The first-order chi connectivity index (χ1) is 11.8. The molecule has 1 aromatic carbocycles. The normalized spacial score (nSPS) is 18.6. The second-order valence-electron chi connectivity index (χ2n) is 6.44. The fourth-order valence-electron chi connectivity index (χ4n) is 3.22. The smallest absolute Gasteiger partial charge is 0.407 e. The van der Waals surface area contributed by atoms with Crippen LogP contribution in [-0.4, -0.2) is 46.9 Å². The Kier molecular flexibility index (Phi) is 5.69. The predicted molar refractivity (Wildman–Crippen MR) is 93.8 cm³/mol. The van der Waals surface area contributed by atoms with Crippen LogP contribution in [0, 0.1) is 0 Å². The van der Waals surface area contributed by atoms with Gasteiger partial charge in [-0.1, -0.05) is 25.5 Å². The molecule has 1 atom stereocenters. The number of hydrogen-bond donors (Lipinski definition) is 2. The summed E-state index contributed by atoms with van der Waals surface area (Å²) >= 11 is 0. The molecule has 2 aromatic rings. The van der Waals surface area contributed by atoms with Crippen LogP contribution in [0.4, 0.5) is 4.79 Å². The van der Waals surface area contributed by atoms with E-state index in [2.05, 4.69) is 38.6 Å². The first kappa shape index (κ1) is 16.8. The largest absolute Gasteiger partial charge is 0.448 e. The van der Waals surface area contributed by atoms with Crippen LogP contribution in [0.3, 0.4) is 0 Å². The van der Waals surface area contributed by atoms with E-state index in [-0.39, 0.29) is 6.09 Å². The third-order valence-electron chi connectivity index (χ3n) is 4.57. The predicted octanol–water partition coefficient (Wildman–Crippen LogP) is 3.05. The van der Waals surface area contributed by atoms with E-state index in [1.807, 2.05) is 13.1 Å². The lowest BCUT2D eigenvalue weighted by Gasteiger charge is -2.35. The Hall–Kier alpha value is -2.08. The monoisotopic (exact) mass is 330 g/mol. The molecule has 0 spiro atoms. The number of carbonyl (C=O) groups excluding carboxylic acids is 1. The Balaban J connectivity index is 1.58. The molecule has 0 bridgehead atoms. The third kappa shape index (κ3) is 4.26. The van der Waals surface area contributed by atoms with E-state index in [4.69, 9.17) is 4.74 Å². The average Bonchev–Trinajstić information content (AvgIpc) is 3.07. The van der Waals surface area contributed by atoms with Gasteiger partial charge in [0.15, 0.2) is 0 Å². The molecular weight excluding hydrogens is 304 g/mol. The van der Waals surface area contributed by atoms with E-state index in [1.165, 1.54) is 18.4 Å². The maximum Gasteiger partial charge on any atom is 0.407 e. The van der Waals surface area contributed by atoms with Crippen molar-refractivity contribution < 1.29 is 9.53 Å². The van der Waals surface area contributed by atoms with Crippen molar-refractivity contribution in [2.24, 2.45) is 0 Å². The number of aromatic nitrogens is 2. The number of carbonyl (C=O) groups is 1. The number of nitrogens with one attached hydrogen (secondary N) is 2. The lowest BCUT2D eigenvalue weighted by molar-refractivity contribution is 0.0640. The fraction of sp³-hybridized carbons (Fsp3) is 0.556. The molecule has 1 aliphatic rings. The second kappa shape index (κ2) is 8.15. The summed E-state index contributed by atoms with van der Waals surface area (Å²) in [4.78, 5) is 14.1. The fourth-order valence-corrected chi connectivity index (χ4v) is 3.22. The van der Waals surface area contributed by atoms with E-state index >= 15 is 0 Å². The van der Waals surface area contributed by atoms with Crippen molar-refractivity contribution in [1.29, 1.82) is 0 Å². The Bertz CT molecular complexity index is 670. The number of likely N-dealkylation sites (tertiary alicyclic amines) is 1. The summed E-state index contributed by atoms with van der Waals surface area (Å²) in [6.45, 7) is 5.07. The first-order valence-corrected chi connectivity index (χ1v) is 8.83. The van der Waals surface area contributed by atoms with Crippen LogP contribution in [0.5, 0.6) is 0 Å². The van der Waals surface area contributed by atoms with Crippen LogP contribution in [-0.2, 0) is 11.3 Å². The van der Waals surface area contributed by atoms with E-state index < -0.39 is 0 Å². The average molecular weight is 330 g/mol. The number of H-pyrrole nitrogens is 1. The standard InChI is InChI=1S/C18H26N4O2/c1-2-8-19-18(23)24-13-16-5-3-4-9-22(16)12-14-6-7-15-11-20-21-17(15)10-14/h6-7,10-11,16H,2-5,8-9,12-13H2,1H3,(H,19,23)(H,20,21). The lowest BCUT2D eigenvalue weighted by Crippen LogP contribution is -2.43. The Morgan fingerprint density at radius 3 is 3.25 bits per heavy atom. The molecule has 2 N–H and O–H groups in total. The molecule has 24 heavy (non-hydrogen) atoms. The zero-order chi connectivity index (χ0) is 16.8. The zero-order valence-electron chi connectivity index (χ0n) is 14.3. The molecule has 0 saturated carbocycles. The van der Waals surface area contributed by atoms with E-state index in [1.54, 1.807) is 0 Å². The van der Waals surface area contributed by atoms with Gasteiger partial charge in [-0.3, -0.25) is 10.00 Å². The van der Waals surface area contributed by atoms with Crippen molar-refractivity contribution >= 4 is 17.0 Å². The van der Waals surface area contributed by atoms with Crippen molar-refractivity contribution in [2.45, 2.75) is 45.2 Å². The van der Waals surface area contributed by atoms with Crippen LogP contribution in [0.25, 0.3) is 10.9 Å². The minimum Gasteiger partial charge on any atom is -0.448 e. The number of piperidine rings is 1. The minimum absolute atomic E-state index is 0.295. The van der Waals surface area contributed by atoms with Gasteiger partial charge in [0.1, 0.15) is 6.61 Å². The Morgan fingerprint density at radius 1 is 1.46 bits per heavy atom. The highest BCUT2D eigenvalue weighted by Crippen LogP contribution is 2.21. The number of alkyl carbamates (subject to hydrolysis) is 1. The molecule has 2 heterocycles. The molecule has 1 aliphatic heterocycles. The Morgan fingerprint density at radius 2 is 2.38 bits per heavy atom. The third-order valence-corrected chi connectivity index (χ3v) is 4.57. The number of aromatic amines is 1. The molecule has 130 valence electrons. The van der Waals surface area contributed by atoms with E-state index in [0.29, 0.717) is 19.2 Å². The summed E-state index contributed by atoms with van der Waals surface area (Å²) in [5, 5.41) is 11.0. The molecule has 1 aromatic heterocycles. The van der Waals surface area contributed by atoms with Gasteiger partial charge in [0.05, 0.1) is 11.7 Å². The van der Waals surface area contributed by atoms with Crippen molar-refractivity contribution in [3.63, 3.8) is 0 Å². The molecule has 0 radical (unpaired) electrons. The number of ether oxygens (including phenoxy) is 1. The quantitative estimate of drug-likeness (QED) is 0.854. The van der Waals surface area contributed by atoms with Gasteiger partial charge in [-0.25, -0.2) is 4.79 Å². The topological polar surface area (TPSA) is 70.2 Å². The molecule has 1 amide bonds. The minimum atomic E-state index is -0.304. The van der Waals surface area contributed by atoms with Gasteiger partial charge in [-0.2, -0.15) is 5.10 Å². The number of benzene rings is 1. The number of nitrogens with zero attached hydrogens (tertiary/aromatic N) is 2. The maximum absolute atomic E-state index is 11.7. The molecule has 1 saturated heterocycles. The van der Waals surface area contributed by atoms with Crippen molar-refractivity contribution in [3.8, 4) is 0 Å². The van der Waals surface area contributed by atoms with Crippen LogP contribution in [0.15, 0.2) is 24.4 Å². The summed E-state index contributed by atoms with van der Waals surface area (Å²) in [6, 6.07) is 6.70. The van der Waals surface area contributed by atoms with Gasteiger partial charge in [0.25, 0.3) is 0 Å². The second-order valence-corrected chi connectivity index (χ2v) is 6.44. The van der Waals surface area contributed by atoms with Crippen LogP contribution in [0.2, 0.25) is 0 Å². The lowest BCUT2D eigenvalue weighted by atomic mass is 10.0. The van der Waals surface area contributed by atoms with Gasteiger partial charge in [0, 0.05) is 24.5 Å². The van der Waals surface area contributed by atoms with Crippen LogP contribution >= 0.6 is 0 Å². The van der Waals surface area contributed by atoms with Crippen molar-refractivity contribution in [1.82, 2.24) is 20.4 Å². The van der Waals surface area contributed by atoms with Gasteiger partial charge in [-0.15, -0.1) is 0 Å². The van der Waals surface area contributed by atoms with Gasteiger partial charge in [-0.05, 0) is 37.4 Å². The molecular formula is C18H26N4O2. The number of hydrogen-bond acceptors (Lipinski definition) is 4. The summed E-state index contributed by atoms with van der Waals surface area (Å²) < 4.78 is 5.40. The summed E-state index contributed by atoms with van der Waals surface area (Å²) in [5.74, 6) is 0. The highest BCUT2D eigenvalue weighted by Gasteiger charge is 2.24. The molecule has 1 fully saturated rings.